The van der Waals surface area contributed by atoms with E-state index in [0.717, 1.165) is 5.56 Å². The number of carbonyl (C=O) groups excluding carboxylic acids is 2. The summed E-state index contributed by atoms with van der Waals surface area (Å²) in [7, 11) is 0. The summed E-state index contributed by atoms with van der Waals surface area (Å²) in [5.41, 5.74) is 2.45. The van der Waals surface area contributed by atoms with E-state index >= 15 is 0 Å². The number of hydrogen-bond donors (Lipinski definition) is 0. The van der Waals surface area contributed by atoms with Crippen molar-refractivity contribution < 1.29 is 19.8 Å². The van der Waals surface area contributed by atoms with Crippen LogP contribution in [0.25, 0.3) is 0 Å². The second kappa shape index (κ2) is 6.59. The molecule has 0 amide bonds. The molecule has 0 fully saturated rings. The molecule has 0 atom stereocenters. The fourth-order valence-corrected chi connectivity index (χ4v) is 2.19. The Morgan fingerprint density at radius 2 is 1.35 bits per heavy atom. The minimum atomic E-state index is -1.73. The van der Waals surface area contributed by atoms with Crippen molar-refractivity contribution in [3.8, 4) is 0 Å². The first-order valence-corrected chi connectivity index (χ1v) is 6.09. The van der Waals surface area contributed by atoms with Crippen molar-refractivity contribution in [1.82, 2.24) is 0 Å². The van der Waals surface area contributed by atoms with Crippen molar-refractivity contribution in [1.29, 1.82) is 0 Å². The minimum absolute atomic E-state index is 0. The average Bonchev–Trinajstić information content (AvgIpc) is 2.20. The Morgan fingerprint density at radius 3 is 1.60 bits per heavy atom. The van der Waals surface area contributed by atoms with Crippen LogP contribution in [0.5, 0.6) is 0 Å². The standard InChI is InChI=1S/C15H20O4.Mg/c1-8-6-10(15(3,4)5)7-9(2)11(8)12(13(16)17)14(18)19;/h6-7,12H,1-5H3,(H,16,17)(H,18,19);/q;+2/p-2. The summed E-state index contributed by atoms with van der Waals surface area (Å²) in [5.74, 6) is -5.02. The molecule has 0 spiro atoms. The minimum Gasteiger partial charge on any atom is -0.549 e. The summed E-state index contributed by atoms with van der Waals surface area (Å²) < 4.78 is 0. The van der Waals surface area contributed by atoms with Gasteiger partial charge in [-0.3, -0.25) is 0 Å². The van der Waals surface area contributed by atoms with Gasteiger partial charge in [0, 0.05) is 0 Å². The van der Waals surface area contributed by atoms with Gasteiger partial charge in [-0.2, -0.15) is 0 Å². The Kier molecular flexibility index (Phi) is 6.23. The van der Waals surface area contributed by atoms with E-state index in [0.29, 0.717) is 11.1 Å². The molecular formula is C15H18MgO4. The molecule has 0 aliphatic carbocycles. The molecule has 1 aromatic carbocycles. The monoisotopic (exact) mass is 286 g/mol. The number of aliphatic carboxylic acids is 2. The molecule has 5 heteroatoms. The number of carboxylic acid groups (broad SMARTS) is 2. The van der Waals surface area contributed by atoms with Crippen LogP contribution in [0.1, 0.15) is 48.9 Å². The van der Waals surface area contributed by atoms with Crippen molar-refractivity contribution in [3.63, 3.8) is 0 Å². The van der Waals surface area contributed by atoms with E-state index in [2.05, 4.69) is 0 Å². The largest absolute Gasteiger partial charge is 2.00 e. The Hall–Kier alpha value is -1.07. The van der Waals surface area contributed by atoms with E-state index < -0.39 is 17.9 Å². The molecule has 0 N–H and O–H groups in total. The first-order chi connectivity index (χ1) is 8.55. The number of rotatable bonds is 3. The normalized spacial score (nSPS) is 11.1. The number of hydrogen-bond acceptors (Lipinski definition) is 4. The zero-order valence-corrected chi connectivity index (χ0v) is 14.0. The zero-order valence-electron chi connectivity index (χ0n) is 12.6. The van der Waals surface area contributed by atoms with Crippen LogP contribution in [-0.2, 0) is 15.0 Å². The summed E-state index contributed by atoms with van der Waals surface area (Å²) in [6.45, 7) is 9.52. The Bertz CT molecular complexity index is 492. The molecule has 0 bridgehead atoms. The van der Waals surface area contributed by atoms with E-state index in [1.807, 2.05) is 32.9 Å². The van der Waals surface area contributed by atoms with Gasteiger partial charge in [0.1, 0.15) is 0 Å². The molecule has 4 nitrogen and oxygen atoms in total. The molecule has 0 radical (unpaired) electrons. The smallest absolute Gasteiger partial charge is 0.549 e. The molecule has 0 aromatic heterocycles. The number of aryl methyl sites for hydroxylation is 2. The second-order valence-corrected chi connectivity index (χ2v) is 5.84. The Labute approximate surface area is 135 Å². The molecule has 0 aliphatic rings. The quantitative estimate of drug-likeness (QED) is 0.569. The topological polar surface area (TPSA) is 80.3 Å². The Morgan fingerprint density at radius 1 is 1.00 bits per heavy atom. The van der Waals surface area contributed by atoms with E-state index in [4.69, 9.17) is 0 Å². The SMILES string of the molecule is Cc1cc(C(C)(C)C)cc(C)c1C(C(=O)[O-])C(=O)[O-].[Mg+2]. The molecule has 0 saturated heterocycles. The number of benzene rings is 1. The zero-order chi connectivity index (χ0) is 15.0. The van der Waals surface area contributed by atoms with Crippen LogP contribution >= 0.6 is 0 Å². The molecular weight excluding hydrogens is 268 g/mol. The van der Waals surface area contributed by atoms with E-state index in [-0.39, 0.29) is 34.0 Å². The van der Waals surface area contributed by atoms with Crippen LogP contribution in [-0.4, -0.2) is 35.0 Å². The number of carboxylic acids is 2. The maximum atomic E-state index is 11.0. The molecule has 104 valence electrons. The third-order valence-corrected chi connectivity index (χ3v) is 3.22. The average molecular weight is 287 g/mol. The van der Waals surface area contributed by atoms with Gasteiger partial charge < -0.3 is 19.8 Å². The van der Waals surface area contributed by atoms with Gasteiger partial charge in [-0.05, 0) is 41.5 Å². The van der Waals surface area contributed by atoms with Crippen LogP contribution < -0.4 is 10.2 Å². The van der Waals surface area contributed by atoms with Gasteiger partial charge >= 0.3 is 23.1 Å². The van der Waals surface area contributed by atoms with Gasteiger partial charge in [0.05, 0.1) is 17.9 Å². The van der Waals surface area contributed by atoms with Crippen LogP contribution in [0, 0.1) is 13.8 Å². The van der Waals surface area contributed by atoms with Crippen molar-refractivity contribution in [2.75, 3.05) is 0 Å². The van der Waals surface area contributed by atoms with Crippen molar-refractivity contribution in [3.05, 3.63) is 34.4 Å². The van der Waals surface area contributed by atoms with Crippen molar-refractivity contribution >= 4 is 35.0 Å². The van der Waals surface area contributed by atoms with Gasteiger partial charge in [0.2, 0.25) is 0 Å². The predicted molar refractivity (Wildman–Crippen MR) is 73.1 cm³/mol. The number of carbonyl (C=O) groups is 2. The van der Waals surface area contributed by atoms with E-state index in [1.54, 1.807) is 13.8 Å². The van der Waals surface area contributed by atoms with Crippen LogP contribution in [0.3, 0.4) is 0 Å². The summed E-state index contributed by atoms with van der Waals surface area (Å²) in [6.07, 6.45) is 0. The second-order valence-electron chi connectivity index (χ2n) is 5.84. The summed E-state index contributed by atoms with van der Waals surface area (Å²) in [6, 6.07) is 3.64. The van der Waals surface area contributed by atoms with Gasteiger partial charge in [0.25, 0.3) is 0 Å². The van der Waals surface area contributed by atoms with Gasteiger partial charge in [0.15, 0.2) is 0 Å². The molecule has 0 aliphatic heterocycles. The molecule has 20 heavy (non-hydrogen) atoms. The van der Waals surface area contributed by atoms with Crippen LogP contribution in [0.4, 0.5) is 0 Å². The van der Waals surface area contributed by atoms with Crippen molar-refractivity contribution in [2.24, 2.45) is 0 Å². The maximum Gasteiger partial charge on any atom is 2.00 e. The molecule has 0 saturated carbocycles. The summed E-state index contributed by atoms with van der Waals surface area (Å²) >= 11 is 0. The van der Waals surface area contributed by atoms with Gasteiger partial charge in [-0.1, -0.05) is 32.9 Å². The molecule has 1 aromatic rings. The summed E-state index contributed by atoms with van der Waals surface area (Å²) in [5, 5.41) is 22.0. The van der Waals surface area contributed by atoms with E-state index in [9.17, 15) is 19.8 Å². The van der Waals surface area contributed by atoms with Crippen LogP contribution in [0.2, 0.25) is 0 Å². The third-order valence-electron chi connectivity index (χ3n) is 3.22. The predicted octanol–water partition coefficient (Wildman–Crippen LogP) is -0.196. The molecule has 1 rings (SSSR count). The first-order valence-electron chi connectivity index (χ1n) is 6.09. The van der Waals surface area contributed by atoms with Gasteiger partial charge in [-0.15, -0.1) is 0 Å². The van der Waals surface area contributed by atoms with Crippen LogP contribution in [0.15, 0.2) is 12.1 Å². The maximum absolute atomic E-state index is 11.0. The Balaban J connectivity index is 0.00000361. The van der Waals surface area contributed by atoms with Gasteiger partial charge in [-0.25, -0.2) is 0 Å². The summed E-state index contributed by atoms with van der Waals surface area (Å²) in [4.78, 5) is 22.0. The fraction of sp³-hybridized carbons (Fsp3) is 0.467. The molecule has 0 heterocycles. The third kappa shape index (κ3) is 3.96. The van der Waals surface area contributed by atoms with E-state index in [1.165, 1.54) is 0 Å². The molecule has 0 unspecified atom stereocenters. The fourth-order valence-electron chi connectivity index (χ4n) is 2.19. The first kappa shape index (κ1) is 18.9. The van der Waals surface area contributed by atoms with Crippen molar-refractivity contribution in [2.45, 2.75) is 46.0 Å².